The van der Waals surface area contributed by atoms with Crippen LogP contribution in [0.1, 0.15) is 41.6 Å². The summed E-state index contributed by atoms with van der Waals surface area (Å²) < 4.78 is 4.69. The molecule has 0 heterocycles. The molecule has 0 aliphatic heterocycles. The third-order valence-corrected chi connectivity index (χ3v) is 4.24. The van der Waals surface area contributed by atoms with Gasteiger partial charge in [0.15, 0.2) is 0 Å². The number of methoxy groups -OCH3 is 1. The third-order valence-electron chi connectivity index (χ3n) is 4.24. The maximum absolute atomic E-state index is 11.4. The summed E-state index contributed by atoms with van der Waals surface area (Å²) in [7, 11) is 3.47. The molecule has 0 spiro atoms. The van der Waals surface area contributed by atoms with Gasteiger partial charge in [0, 0.05) is 13.1 Å². The van der Waals surface area contributed by atoms with E-state index in [1.54, 1.807) is 12.1 Å². The van der Waals surface area contributed by atoms with Crippen LogP contribution in [-0.4, -0.2) is 42.8 Å². The molecule has 4 nitrogen and oxygen atoms in total. The molecule has 2 atom stereocenters. The summed E-state index contributed by atoms with van der Waals surface area (Å²) in [5.74, 6) is 0.0818. The Kier molecular flexibility index (Phi) is 5.76. The number of carbonyl (C=O) groups is 1. The second kappa shape index (κ2) is 7.57. The summed E-state index contributed by atoms with van der Waals surface area (Å²) in [6.07, 6.45) is 4.28. The normalized spacial score (nSPS) is 22.3. The Hall–Kier alpha value is -1.39. The van der Waals surface area contributed by atoms with Gasteiger partial charge in [0.1, 0.15) is 0 Å². The Labute approximate surface area is 126 Å². The van der Waals surface area contributed by atoms with Crippen LogP contribution in [0.15, 0.2) is 24.3 Å². The quantitative estimate of drug-likeness (QED) is 0.847. The minimum atomic E-state index is -0.305. The first-order valence-corrected chi connectivity index (χ1v) is 7.64. The zero-order valence-corrected chi connectivity index (χ0v) is 12.9. The molecule has 0 amide bonds. The summed E-state index contributed by atoms with van der Waals surface area (Å²) in [6.45, 7) is 1.74. The lowest BCUT2D eigenvalue weighted by Crippen LogP contribution is -2.34. The van der Waals surface area contributed by atoms with Crippen LogP contribution in [0.2, 0.25) is 0 Å². The van der Waals surface area contributed by atoms with E-state index in [2.05, 4.69) is 11.9 Å². The molecule has 1 saturated carbocycles. The van der Waals surface area contributed by atoms with E-state index >= 15 is 0 Å². The van der Waals surface area contributed by atoms with Crippen molar-refractivity contribution in [2.45, 2.75) is 38.3 Å². The van der Waals surface area contributed by atoms with E-state index < -0.39 is 0 Å². The first kappa shape index (κ1) is 16.0. The van der Waals surface area contributed by atoms with E-state index in [-0.39, 0.29) is 12.1 Å². The second-order valence-corrected chi connectivity index (χ2v) is 6.00. The maximum atomic E-state index is 11.4. The van der Waals surface area contributed by atoms with Crippen LogP contribution >= 0.6 is 0 Å². The van der Waals surface area contributed by atoms with Crippen molar-refractivity contribution >= 4 is 5.97 Å². The molecule has 1 aliphatic rings. The van der Waals surface area contributed by atoms with Gasteiger partial charge in [-0.05, 0) is 43.5 Å². The van der Waals surface area contributed by atoms with E-state index in [0.29, 0.717) is 11.5 Å². The van der Waals surface area contributed by atoms with Crippen molar-refractivity contribution in [2.75, 3.05) is 20.7 Å². The van der Waals surface area contributed by atoms with Crippen LogP contribution in [0.3, 0.4) is 0 Å². The van der Waals surface area contributed by atoms with Gasteiger partial charge >= 0.3 is 5.97 Å². The van der Waals surface area contributed by atoms with Crippen molar-refractivity contribution in [2.24, 2.45) is 5.92 Å². The lowest BCUT2D eigenvalue weighted by molar-refractivity contribution is 0.0501. The van der Waals surface area contributed by atoms with Gasteiger partial charge in [-0.15, -0.1) is 0 Å². The van der Waals surface area contributed by atoms with Gasteiger partial charge in [0.05, 0.1) is 18.8 Å². The number of hydrogen-bond donors (Lipinski definition) is 1. The van der Waals surface area contributed by atoms with Crippen LogP contribution in [0.4, 0.5) is 0 Å². The minimum absolute atomic E-state index is 0.150. The molecule has 2 unspecified atom stereocenters. The highest BCUT2D eigenvalue weighted by atomic mass is 16.5. The highest BCUT2D eigenvalue weighted by Gasteiger charge is 2.24. The molecular formula is C17H25NO3. The van der Waals surface area contributed by atoms with Crippen molar-refractivity contribution in [3.05, 3.63) is 35.4 Å². The number of aliphatic hydroxyl groups excluding tert-OH is 1. The van der Waals surface area contributed by atoms with Gasteiger partial charge in [-0.25, -0.2) is 4.79 Å². The van der Waals surface area contributed by atoms with Gasteiger partial charge in [0.2, 0.25) is 0 Å². The Balaban J connectivity index is 1.87. The van der Waals surface area contributed by atoms with Crippen molar-refractivity contribution < 1.29 is 14.6 Å². The number of benzene rings is 1. The highest BCUT2D eigenvalue weighted by molar-refractivity contribution is 5.89. The van der Waals surface area contributed by atoms with Crippen LogP contribution in [0.5, 0.6) is 0 Å². The summed E-state index contributed by atoms with van der Waals surface area (Å²) in [5, 5.41) is 10.0. The van der Waals surface area contributed by atoms with Crippen molar-refractivity contribution in [1.82, 2.24) is 4.90 Å². The first-order valence-electron chi connectivity index (χ1n) is 7.64. The largest absolute Gasteiger partial charge is 0.465 e. The smallest absolute Gasteiger partial charge is 0.337 e. The topological polar surface area (TPSA) is 49.8 Å². The van der Waals surface area contributed by atoms with Crippen molar-refractivity contribution in [3.63, 3.8) is 0 Å². The summed E-state index contributed by atoms with van der Waals surface area (Å²) in [6, 6.07) is 7.51. The van der Waals surface area contributed by atoms with Gasteiger partial charge in [-0.3, -0.25) is 0 Å². The monoisotopic (exact) mass is 291 g/mol. The molecule has 0 bridgehead atoms. The van der Waals surface area contributed by atoms with Gasteiger partial charge in [0.25, 0.3) is 0 Å². The standard InChI is InChI=1S/C17H25NO3/c1-18(12-15-5-3-4-6-16(15)19)11-13-7-9-14(10-8-13)17(20)21-2/h7-10,15-16,19H,3-6,11-12H2,1-2H3. The summed E-state index contributed by atoms with van der Waals surface area (Å²) in [4.78, 5) is 13.6. The van der Waals surface area contributed by atoms with E-state index in [4.69, 9.17) is 4.74 Å². The molecule has 0 radical (unpaired) electrons. The zero-order chi connectivity index (χ0) is 15.2. The fourth-order valence-corrected chi connectivity index (χ4v) is 3.04. The highest BCUT2D eigenvalue weighted by Crippen LogP contribution is 2.25. The van der Waals surface area contributed by atoms with Crippen molar-refractivity contribution in [3.8, 4) is 0 Å². The first-order chi connectivity index (χ1) is 10.1. The van der Waals surface area contributed by atoms with E-state index in [0.717, 1.165) is 37.9 Å². The fraction of sp³-hybridized carbons (Fsp3) is 0.588. The summed E-state index contributed by atoms with van der Waals surface area (Å²) >= 11 is 0. The van der Waals surface area contributed by atoms with E-state index in [1.165, 1.54) is 13.5 Å². The zero-order valence-electron chi connectivity index (χ0n) is 12.9. The van der Waals surface area contributed by atoms with E-state index in [1.807, 2.05) is 12.1 Å². The molecule has 1 aliphatic carbocycles. The lowest BCUT2D eigenvalue weighted by Gasteiger charge is -2.31. The number of esters is 1. The molecule has 1 aromatic rings. The summed E-state index contributed by atoms with van der Waals surface area (Å²) in [5.41, 5.74) is 1.74. The minimum Gasteiger partial charge on any atom is -0.465 e. The van der Waals surface area contributed by atoms with Crippen LogP contribution in [0.25, 0.3) is 0 Å². The molecular weight excluding hydrogens is 266 g/mol. The molecule has 2 rings (SSSR count). The molecule has 116 valence electrons. The fourth-order valence-electron chi connectivity index (χ4n) is 3.04. The molecule has 0 saturated heterocycles. The Morgan fingerprint density at radius 2 is 1.95 bits per heavy atom. The third kappa shape index (κ3) is 4.55. The number of carbonyl (C=O) groups excluding carboxylic acids is 1. The number of hydrogen-bond acceptors (Lipinski definition) is 4. The van der Waals surface area contributed by atoms with Crippen LogP contribution in [-0.2, 0) is 11.3 Å². The molecule has 1 N–H and O–H groups in total. The molecule has 21 heavy (non-hydrogen) atoms. The average Bonchev–Trinajstić information content (AvgIpc) is 2.49. The maximum Gasteiger partial charge on any atom is 0.337 e. The van der Waals surface area contributed by atoms with Crippen LogP contribution in [0, 0.1) is 5.92 Å². The van der Waals surface area contributed by atoms with Gasteiger partial charge < -0.3 is 14.7 Å². The number of nitrogens with zero attached hydrogens (tertiary/aromatic N) is 1. The average molecular weight is 291 g/mol. The molecule has 1 aromatic carbocycles. The number of rotatable bonds is 5. The van der Waals surface area contributed by atoms with Gasteiger partial charge in [-0.1, -0.05) is 25.0 Å². The Bertz CT molecular complexity index is 458. The number of aliphatic hydroxyl groups is 1. The predicted octanol–water partition coefficient (Wildman–Crippen LogP) is 2.46. The molecule has 0 aromatic heterocycles. The van der Waals surface area contributed by atoms with Gasteiger partial charge in [-0.2, -0.15) is 0 Å². The Morgan fingerprint density at radius 3 is 2.57 bits per heavy atom. The number of ether oxygens (including phenoxy) is 1. The van der Waals surface area contributed by atoms with Crippen LogP contribution < -0.4 is 0 Å². The van der Waals surface area contributed by atoms with Crippen molar-refractivity contribution in [1.29, 1.82) is 0 Å². The SMILES string of the molecule is COC(=O)c1ccc(CN(C)CC2CCCCC2O)cc1. The lowest BCUT2D eigenvalue weighted by atomic mass is 9.86. The molecule has 4 heteroatoms. The Morgan fingerprint density at radius 1 is 1.29 bits per heavy atom. The second-order valence-electron chi connectivity index (χ2n) is 6.00. The predicted molar refractivity (Wildman–Crippen MR) is 82.1 cm³/mol. The van der Waals surface area contributed by atoms with E-state index in [9.17, 15) is 9.90 Å². The molecule has 1 fully saturated rings.